The number of aromatic carboxylic acids is 1. The minimum absolute atomic E-state index is 0.324. The topological polar surface area (TPSA) is 55.1 Å². The van der Waals surface area contributed by atoms with E-state index in [2.05, 4.69) is 18.9 Å². The fraction of sp³-hybridized carbons (Fsp3) is 0.667. The molecule has 2 rings (SSSR count). The maximum Gasteiger partial charge on any atom is 0.339 e. The van der Waals surface area contributed by atoms with Crippen LogP contribution in [0.3, 0.4) is 0 Å². The first-order valence-electron chi connectivity index (χ1n) is 5.66. The highest BCUT2D eigenvalue weighted by Gasteiger charge is 2.35. The molecule has 0 saturated heterocycles. The van der Waals surface area contributed by atoms with E-state index < -0.39 is 5.97 Å². The van der Waals surface area contributed by atoms with E-state index in [9.17, 15) is 4.79 Å². The fourth-order valence-corrected chi connectivity index (χ4v) is 2.77. The number of carbonyl (C=O) groups is 1. The van der Waals surface area contributed by atoms with E-state index in [0.29, 0.717) is 16.9 Å². The monoisotopic (exact) mass is 222 g/mol. The first-order chi connectivity index (χ1) is 7.41. The largest absolute Gasteiger partial charge is 0.478 e. The van der Waals surface area contributed by atoms with Crippen LogP contribution in [0.15, 0.2) is 6.20 Å². The van der Waals surface area contributed by atoms with Gasteiger partial charge in [0.15, 0.2) is 0 Å². The molecule has 0 aromatic carbocycles. The maximum absolute atomic E-state index is 11.1. The highest BCUT2D eigenvalue weighted by atomic mass is 16.4. The van der Waals surface area contributed by atoms with E-state index in [-0.39, 0.29) is 0 Å². The third-order valence-corrected chi connectivity index (χ3v) is 3.57. The second-order valence-electron chi connectivity index (χ2n) is 5.48. The van der Waals surface area contributed by atoms with Crippen molar-refractivity contribution in [3.05, 3.63) is 17.5 Å². The molecule has 1 N–H and O–H groups in total. The van der Waals surface area contributed by atoms with Gasteiger partial charge in [-0.25, -0.2) is 4.79 Å². The molecule has 1 aliphatic carbocycles. The molecule has 4 heteroatoms. The zero-order valence-corrected chi connectivity index (χ0v) is 10.0. The summed E-state index contributed by atoms with van der Waals surface area (Å²) >= 11 is 0. The van der Waals surface area contributed by atoms with Crippen molar-refractivity contribution < 1.29 is 9.90 Å². The molecule has 1 aromatic rings. The van der Waals surface area contributed by atoms with Gasteiger partial charge in [0.25, 0.3) is 0 Å². The first-order valence-corrected chi connectivity index (χ1v) is 5.66. The lowest BCUT2D eigenvalue weighted by molar-refractivity contribution is 0.0694. The van der Waals surface area contributed by atoms with Gasteiger partial charge in [0, 0.05) is 13.0 Å². The summed E-state index contributed by atoms with van der Waals surface area (Å²) in [7, 11) is 1.83. The van der Waals surface area contributed by atoms with Crippen molar-refractivity contribution in [2.75, 3.05) is 0 Å². The molecule has 1 fully saturated rings. The predicted octanol–water partition coefficient (Wildman–Crippen LogP) is 2.41. The van der Waals surface area contributed by atoms with Gasteiger partial charge in [-0.2, -0.15) is 5.10 Å². The number of rotatable bonds is 2. The Kier molecular flexibility index (Phi) is 2.52. The van der Waals surface area contributed by atoms with E-state index in [1.165, 1.54) is 6.20 Å². The summed E-state index contributed by atoms with van der Waals surface area (Å²) in [5, 5.41) is 13.2. The molecule has 0 spiro atoms. The van der Waals surface area contributed by atoms with Crippen molar-refractivity contribution in [1.29, 1.82) is 0 Å². The zero-order valence-electron chi connectivity index (χ0n) is 10.0. The van der Waals surface area contributed by atoms with Crippen LogP contribution in [0.4, 0.5) is 0 Å². The molecule has 0 aliphatic heterocycles. The van der Waals surface area contributed by atoms with Crippen molar-refractivity contribution in [2.45, 2.75) is 39.0 Å². The van der Waals surface area contributed by atoms with Crippen LogP contribution in [0.5, 0.6) is 0 Å². The van der Waals surface area contributed by atoms with Gasteiger partial charge in [0.1, 0.15) is 5.56 Å². The predicted molar refractivity (Wildman–Crippen MR) is 60.5 cm³/mol. The SMILES string of the molecule is Cn1ncc(C(=O)O)c1C1CCC(C)(C)C1. The molecule has 4 nitrogen and oxygen atoms in total. The minimum Gasteiger partial charge on any atom is -0.478 e. The maximum atomic E-state index is 11.1. The van der Waals surface area contributed by atoms with Gasteiger partial charge in [0.05, 0.1) is 11.9 Å². The summed E-state index contributed by atoms with van der Waals surface area (Å²) in [5.74, 6) is -0.526. The number of hydrogen-bond acceptors (Lipinski definition) is 2. The van der Waals surface area contributed by atoms with E-state index >= 15 is 0 Å². The molecule has 1 unspecified atom stereocenters. The number of nitrogens with zero attached hydrogens (tertiary/aromatic N) is 2. The Morgan fingerprint density at radius 3 is 2.81 bits per heavy atom. The summed E-state index contributed by atoms with van der Waals surface area (Å²) in [5.41, 5.74) is 1.58. The summed E-state index contributed by atoms with van der Waals surface area (Å²) in [4.78, 5) is 11.1. The normalized spacial score (nSPS) is 23.6. The van der Waals surface area contributed by atoms with Crippen molar-refractivity contribution in [3.8, 4) is 0 Å². The van der Waals surface area contributed by atoms with Crippen molar-refractivity contribution in [3.63, 3.8) is 0 Å². The molecule has 0 radical (unpaired) electrons. The van der Waals surface area contributed by atoms with Gasteiger partial charge >= 0.3 is 5.97 Å². The average molecular weight is 222 g/mol. The standard InChI is InChI=1S/C12H18N2O2/c1-12(2)5-4-8(6-12)10-9(11(15)16)7-13-14(10)3/h7-8H,4-6H2,1-3H3,(H,15,16). The van der Waals surface area contributed by atoms with Crippen LogP contribution in [-0.4, -0.2) is 20.9 Å². The number of hydrogen-bond donors (Lipinski definition) is 1. The number of aryl methyl sites for hydroxylation is 1. The van der Waals surface area contributed by atoms with Gasteiger partial charge in [-0.3, -0.25) is 4.68 Å². The number of carboxylic acids is 1. The Labute approximate surface area is 95.3 Å². The molecule has 1 heterocycles. The molecule has 88 valence electrons. The first kappa shape index (κ1) is 11.2. The van der Waals surface area contributed by atoms with E-state index in [1.807, 2.05) is 7.05 Å². The van der Waals surface area contributed by atoms with Crippen molar-refractivity contribution in [2.24, 2.45) is 12.5 Å². The third kappa shape index (κ3) is 1.84. The summed E-state index contributed by atoms with van der Waals surface area (Å²) in [6.07, 6.45) is 4.73. The lowest BCUT2D eigenvalue weighted by Gasteiger charge is -2.17. The zero-order chi connectivity index (χ0) is 11.9. The Morgan fingerprint density at radius 2 is 2.31 bits per heavy atom. The third-order valence-electron chi connectivity index (χ3n) is 3.57. The minimum atomic E-state index is -0.868. The molecule has 0 bridgehead atoms. The van der Waals surface area contributed by atoms with Crippen LogP contribution in [-0.2, 0) is 7.05 Å². The van der Waals surface area contributed by atoms with Gasteiger partial charge in [-0.1, -0.05) is 13.8 Å². The number of carboxylic acid groups (broad SMARTS) is 1. The molecular weight excluding hydrogens is 204 g/mol. The summed E-state index contributed by atoms with van der Waals surface area (Å²) in [6.45, 7) is 4.48. The second kappa shape index (κ2) is 3.61. The Morgan fingerprint density at radius 1 is 1.62 bits per heavy atom. The quantitative estimate of drug-likeness (QED) is 0.836. The molecule has 1 saturated carbocycles. The average Bonchev–Trinajstić information content (AvgIpc) is 2.69. The van der Waals surface area contributed by atoms with Crippen LogP contribution in [0.1, 0.15) is 55.1 Å². The summed E-state index contributed by atoms with van der Waals surface area (Å²) < 4.78 is 1.72. The molecule has 1 atom stereocenters. The lowest BCUT2D eigenvalue weighted by Crippen LogP contribution is -2.10. The van der Waals surface area contributed by atoms with Gasteiger partial charge in [-0.15, -0.1) is 0 Å². The van der Waals surface area contributed by atoms with Gasteiger partial charge < -0.3 is 5.11 Å². The van der Waals surface area contributed by atoms with E-state index in [1.54, 1.807) is 4.68 Å². The molecule has 0 amide bonds. The van der Waals surface area contributed by atoms with Crippen molar-refractivity contribution >= 4 is 5.97 Å². The van der Waals surface area contributed by atoms with Gasteiger partial charge in [0.2, 0.25) is 0 Å². The smallest absolute Gasteiger partial charge is 0.339 e. The Balaban J connectivity index is 2.34. The van der Waals surface area contributed by atoms with E-state index in [0.717, 1.165) is 25.0 Å². The highest BCUT2D eigenvalue weighted by Crippen LogP contribution is 2.46. The Hall–Kier alpha value is -1.32. The van der Waals surface area contributed by atoms with Crippen LogP contribution >= 0.6 is 0 Å². The molecule has 1 aliphatic rings. The van der Waals surface area contributed by atoms with Gasteiger partial charge in [-0.05, 0) is 24.7 Å². The molecule has 1 aromatic heterocycles. The van der Waals surface area contributed by atoms with Crippen LogP contribution in [0, 0.1) is 5.41 Å². The molecule has 16 heavy (non-hydrogen) atoms. The van der Waals surface area contributed by atoms with Crippen LogP contribution < -0.4 is 0 Å². The van der Waals surface area contributed by atoms with Crippen LogP contribution in [0.25, 0.3) is 0 Å². The van der Waals surface area contributed by atoms with Crippen molar-refractivity contribution in [1.82, 2.24) is 9.78 Å². The Bertz CT molecular complexity index is 421. The summed E-state index contributed by atoms with van der Waals surface area (Å²) in [6, 6.07) is 0. The number of aromatic nitrogens is 2. The van der Waals surface area contributed by atoms with E-state index in [4.69, 9.17) is 5.11 Å². The lowest BCUT2D eigenvalue weighted by atomic mass is 9.89. The second-order valence-corrected chi connectivity index (χ2v) is 5.48. The highest BCUT2D eigenvalue weighted by molar-refractivity contribution is 5.88. The fourth-order valence-electron chi connectivity index (χ4n) is 2.77. The van der Waals surface area contributed by atoms with Crippen LogP contribution in [0.2, 0.25) is 0 Å². The molecular formula is C12H18N2O2.